The topological polar surface area (TPSA) is 40.5 Å². The Balaban J connectivity index is 2.92. The molecule has 0 amide bonds. The van der Waals surface area contributed by atoms with Crippen LogP contribution in [0.1, 0.15) is 0 Å². The summed E-state index contributed by atoms with van der Waals surface area (Å²) in [6.45, 7) is 0. The summed E-state index contributed by atoms with van der Waals surface area (Å²) in [5, 5.41) is 20.6. The maximum absolute atomic E-state index is 9.45. The number of rotatable bonds is 0. The zero-order valence-corrected chi connectivity index (χ0v) is 7.42. The first-order valence-corrected chi connectivity index (χ1v) is 4.16. The van der Waals surface area contributed by atoms with Gasteiger partial charge >= 0.3 is 0 Å². The number of phenolic OH excluding ortho intramolecular Hbond substituents is 2. The van der Waals surface area contributed by atoms with Crippen LogP contribution in [-0.2, 0) is 0 Å². The quantitative estimate of drug-likeness (QED) is 0.633. The summed E-state index contributed by atoms with van der Waals surface area (Å²) in [6, 6.07) is 7.85. The van der Waals surface area contributed by atoms with Crippen LogP contribution >= 0.6 is 11.6 Å². The van der Waals surface area contributed by atoms with E-state index in [0.717, 1.165) is 0 Å². The van der Waals surface area contributed by atoms with Crippen molar-refractivity contribution < 1.29 is 10.2 Å². The molecule has 2 aromatic rings. The van der Waals surface area contributed by atoms with E-state index in [1.165, 1.54) is 12.1 Å². The standard InChI is InChI=1S/C10H7ClO2/c11-6-1-2-7-8(5-6)10(13)4-3-9(7)12/h1-5,12-13H. The fourth-order valence-corrected chi connectivity index (χ4v) is 1.46. The molecular formula is C10H7ClO2. The summed E-state index contributed by atoms with van der Waals surface area (Å²) in [5.41, 5.74) is 0. The summed E-state index contributed by atoms with van der Waals surface area (Å²) < 4.78 is 0. The average molecular weight is 195 g/mol. The molecule has 2 nitrogen and oxygen atoms in total. The lowest BCUT2D eigenvalue weighted by Crippen LogP contribution is -1.75. The second-order valence-electron chi connectivity index (χ2n) is 2.79. The molecule has 2 N–H and O–H groups in total. The van der Waals surface area contributed by atoms with E-state index in [2.05, 4.69) is 0 Å². The van der Waals surface area contributed by atoms with Crippen molar-refractivity contribution in [1.82, 2.24) is 0 Å². The lowest BCUT2D eigenvalue weighted by molar-refractivity contribution is 0.469. The van der Waals surface area contributed by atoms with Crippen molar-refractivity contribution in [2.24, 2.45) is 0 Å². The molecule has 66 valence electrons. The average Bonchev–Trinajstić information content (AvgIpc) is 2.12. The van der Waals surface area contributed by atoms with Gasteiger partial charge in [-0.25, -0.2) is 0 Å². The van der Waals surface area contributed by atoms with Crippen LogP contribution in [0, 0.1) is 0 Å². The van der Waals surface area contributed by atoms with Gasteiger partial charge in [-0.3, -0.25) is 0 Å². The zero-order chi connectivity index (χ0) is 9.42. The lowest BCUT2D eigenvalue weighted by atomic mass is 10.1. The van der Waals surface area contributed by atoms with Crippen LogP contribution in [0.4, 0.5) is 0 Å². The molecule has 0 aliphatic heterocycles. The summed E-state index contributed by atoms with van der Waals surface area (Å²) in [6.07, 6.45) is 0. The normalized spacial score (nSPS) is 10.5. The smallest absolute Gasteiger partial charge is 0.123 e. The fraction of sp³-hybridized carbons (Fsp3) is 0. The van der Waals surface area contributed by atoms with Crippen LogP contribution in [0.5, 0.6) is 11.5 Å². The number of phenols is 2. The maximum Gasteiger partial charge on any atom is 0.123 e. The van der Waals surface area contributed by atoms with Gasteiger partial charge in [0.15, 0.2) is 0 Å². The van der Waals surface area contributed by atoms with Gasteiger partial charge in [-0.05, 0) is 30.3 Å². The third-order valence-electron chi connectivity index (χ3n) is 1.93. The van der Waals surface area contributed by atoms with E-state index < -0.39 is 0 Å². The third-order valence-corrected chi connectivity index (χ3v) is 2.17. The predicted octanol–water partition coefficient (Wildman–Crippen LogP) is 2.90. The highest BCUT2D eigenvalue weighted by Gasteiger charge is 2.03. The van der Waals surface area contributed by atoms with Crippen molar-refractivity contribution in [2.75, 3.05) is 0 Å². The molecule has 0 fully saturated rings. The van der Waals surface area contributed by atoms with Crippen molar-refractivity contribution in [3.8, 4) is 11.5 Å². The van der Waals surface area contributed by atoms with Crippen LogP contribution in [0.3, 0.4) is 0 Å². The zero-order valence-electron chi connectivity index (χ0n) is 6.66. The molecule has 0 aliphatic carbocycles. The molecule has 3 heteroatoms. The molecule has 0 bridgehead atoms. The van der Waals surface area contributed by atoms with Crippen LogP contribution in [0.25, 0.3) is 10.8 Å². The number of hydrogen-bond donors (Lipinski definition) is 2. The van der Waals surface area contributed by atoms with Gasteiger partial charge in [-0.1, -0.05) is 11.6 Å². The Hall–Kier alpha value is -1.41. The number of benzene rings is 2. The van der Waals surface area contributed by atoms with Gasteiger partial charge in [0.1, 0.15) is 11.5 Å². The monoisotopic (exact) mass is 194 g/mol. The van der Waals surface area contributed by atoms with E-state index in [1.807, 2.05) is 0 Å². The third kappa shape index (κ3) is 1.29. The van der Waals surface area contributed by atoms with Crippen molar-refractivity contribution in [3.05, 3.63) is 35.4 Å². The van der Waals surface area contributed by atoms with E-state index in [4.69, 9.17) is 11.6 Å². The van der Waals surface area contributed by atoms with E-state index in [9.17, 15) is 10.2 Å². The molecule has 0 atom stereocenters. The molecule has 2 rings (SSSR count). The number of fused-ring (bicyclic) bond motifs is 1. The van der Waals surface area contributed by atoms with E-state index in [1.54, 1.807) is 18.2 Å². The molecule has 0 radical (unpaired) electrons. The van der Waals surface area contributed by atoms with Gasteiger partial charge in [0.05, 0.1) is 0 Å². The first kappa shape index (κ1) is 8.20. The van der Waals surface area contributed by atoms with Crippen molar-refractivity contribution in [2.45, 2.75) is 0 Å². The van der Waals surface area contributed by atoms with Gasteiger partial charge in [0.25, 0.3) is 0 Å². The highest BCUT2D eigenvalue weighted by atomic mass is 35.5. The van der Waals surface area contributed by atoms with Crippen molar-refractivity contribution in [1.29, 1.82) is 0 Å². The largest absolute Gasteiger partial charge is 0.507 e. The number of aromatic hydroxyl groups is 2. The molecule has 0 aromatic heterocycles. The molecule has 2 aromatic carbocycles. The SMILES string of the molecule is Oc1ccc(O)c2cc(Cl)ccc12. The number of hydrogen-bond acceptors (Lipinski definition) is 2. The first-order valence-electron chi connectivity index (χ1n) is 3.78. The van der Waals surface area contributed by atoms with Crippen LogP contribution in [0.15, 0.2) is 30.3 Å². The molecule has 0 unspecified atom stereocenters. The Bertz CT molecular complexity index is 466. The van der Waals surface area contributed by atoms with E-state index in [0.29, 0.717) is 15.8 Å². The molecular weight excluding hydrogens is 188 g/mol. The predicted molar refractivity (Wildman–Crippen MR) is 52.3 cm³/mol. The van der Waals surface area contributed by atoms with Gasteiger partial charge in [-0.2, -0.15) is 0 Å². The summed E-state index contributed by atoms with van der Waals surface area (Å²) >= 11 is 5.75. The van der Waals surface area contributed by atoms with Crippen molar-refractivity contribution >= 4 is 22.4 Å². The second-order valence-corrected chi connectivity index (χ2v) is 3.23. The summed E-state index contributed by atoms with van der Waals surface area (Å²) in [5.74, 6) is 0.264. The van der Waals surface area contributed by atoms with Crippen LogP contribution in [0.2, 0.25) is 5.02 Å². The van der Waals surface area contributed by atoms with Crippen molar-refractivity contribution in [3.63, 3.8) is 0 Å². The van der Waals surface area contributed by atoms with Gasteiger partial charge in [0, 0.05) is 15.8 Å². The minimum absolute atomic E-state index is 0.121. The Morgan fingerprint density at radius 3 is 2.15 bits per heavy atom. The Morgan fingerprint density at radius 2 is 1.46 bits per heavy atom. The summed E-state index contributed by atoms with van der Waals surface area (Å²) in [7, 11) is 0. The minimum atomic E-state index is 0.121. The van der Waals surface area contributed by atoms with Gasteiger partial charge in [0.2, 0.25) is 0 Å². The minimum Gasteiger partial charge on any atom is -0.507 e. The molecule has 0 aliphatic rings. The molecule has 0 spiro atoms. The molecule has 0 heterocycles. The highest BCUT2D eigenvalue weighted by molar-refractivity contribution is 6.31. The molecule has 13 heavy (non-hydrogen) atoms. The Morgan fingerprint density at radius 1 is 0.846 bits per heavy atom. The van der Waals surface area contributed by atoms with Gasteiger partial charge < -0.3 is 10.2 Å². The summed E-state index contributed by atoms with van der Waals surface area (Å²) in [4.78, 5) is 0. The molecule has 0 saturated carbocycles. The van der Waals surface area contributed by atoms with E-state index >= 15 is 0 Å². The Labute approximate surface area is 80.0 Å². The van der Waals surface area contributed by atoms with Crippen LogP contribution in [-0.4, -0.2) is 10.2 Å². The Kier molecular flexibility index (Phi) is 1.78. The first-order chi connectivity index (χ1) is 6.18. The van der Waals surface area contributed by atoms with Crippen LogP contribution < -0.4 is 0 Å². The van der Waals surface area contributed by atoms with E-state index in [-0.39, 0.29) is 11.5 Å². The molecule has 0 saturated heterocycles. The number of halogens is 1. The highest BCUT2D eigenvalue weighted by Crippen LogP contribution is 2.33. The van der Waals surface area contributed by atoms with Gasteiger partial charge in [-0.15, -0.1) is 0 Å². The lowest BCUT2D eigenvalue weighted by Gasteiger charge is -2.03. The fourth-order valence-electron chi connectivity index (χ4n) is 1.29. The maximum atomic E-state index is 9.45. The second kappa shape index (κ2) is 2.82.